The highest BCUT2D eigenvalue weighted by atomic mass is 19.1. The van der Waals surface area contributed by atoms with Crippen LogP contribution in [0, 0.1) is 12.7 Å². The molecule has 5 rings (SSSR count). The van der Waals surface area contributed by atoms with Crippen LogP contribution in [-0.2, 0) is 0 Å². The maximum Gasteiger partial charge on any atom is 0.251 e. The number of hydrogen-bond acceptors (Lipinski definition) is 5. The first kappa shape index (κ1) is 20.8. The van der Waals surface area contributed by atoms with Crippen LogP contribution in [0.4, 0.5) is 15.9 Å². The van der Waals surface area contributed by atoms with Gasteiger partial charge in [-0.2, -0.15) is 0 Å². The van der Waals surface area contributed by atoms with E-state index < -0.39 is 0 Å². The van der Waals surface area contributed by atoms with Gasteiger partial charge in [0.2, 0.25) is 0 Å². The van der Waals surface area contributed by atoms with Crippen molar-refractivity contribution in [2.24, 2.45) is 0 Å². The Hall–Kier alpha value is -4.07. The molecule has 2 aromatic carbocycles. The summed E-state index contributed by atoms with van der Waals surface area (Å²) in [6.45, 7) is 1.87. The van der Waals surface area contributed by atoms with Crippen molar-refractivity contribution in [2.45, 2.75) is 25.7 Å². The number of hydrogen-bond donors (Lipinski definition) is 2. The van der Waals surface area contributed by atoms with Gasteiger partial charge in [-0.25, -0.2) is 19.3 Å². The minimum absolute atomic E-state index is 0.131. The van der Waals surface area contributed by atoms with E-state index in [0.717, 1.165) is 29.8 Å². The van der Waals surface area contributed by atoms with Crippen molar-refractivity contribution in [1.29, 1.82) is 0 Å². The molecule has 1 aliphatic rings. The molecule has 4 aromatic rings. The zero-order valence-electron chi connectivity index (χ0n) is 18.3. The van der Waals surface area contributed by atoms with Gasteiger partial charge in [0.1, 0.15) is 11.6 Å². The molecule has 33 heavy (non-hydrogen) atoms. The lowest BCUT2D eigenvalue weighted by Gasteiger charge is -2.11. The van der Waals surface area contributed by atoms with E-state index in [0.29, 0.717) is 34.4 Å². The number of nitrogens with zero attached hydrogens (tertiary/aromatic N) is 4. The van der Waals surface area contributed by atoms with E-state index in [-0.39, 0.29) is 11.7 Å². The molecule has 0 aliphatic heterocycles. The number of aryl methyl sites for hydroxylation is 1. The Labute approximate surface area is 190 Å². The molecule has 0 unspecified atom stereocenters. The SMILES string of the molecule is CNC(=O)c1ccc(Nc2ccnc(-c3ccc(-n4cnc(C5CC5)c4)c(F)c3)n2)cc1C. The fourth-order valence-corrected chi connectivity index (χ4v) is 3.76. The first-order valence-corrected chi connectivity index (χ1v) is 10.8. The summed E-state index contributed by atoms with van der Waals surface area (Å²) < 4.78 is 16.6. The van der Waals surface area contributed by atoms with Crippen LogP contribution in [0.25, 0.3) is 17.1 Å². The number of amides is 1. The lowest BCUT2D eigenvalue weighted by Crippen LogP contribution is -2.18. The van der Waals surface area contributed by atoms with E-state index in [1.54, 1.807) is 48.4 Å². The van der Waals surface area contributed by atoms with Crippen LogP contribution in [0.1, 0.15) is 40.4 Å². The summed E-state index contributed by atoms with van der Waals surface area (Å²) >= 11 is 0. The maximum absolute atomic E-state index is 14.9. The van der Waals surface area contributed by atoms with Gasteiger partial charge >= 0.3 is 0 Å². The third-order valence-electron chi connectivity index (χ3n) is 5.71. The molecule has 1 aliphatic carbocycles. The van der Waals surface area contributed by atoms with Crippen molar-refractivity contribution < 1.29 is 9.18 Å². The first-order chi connectivity index (χ1) is 16.0. The third kappa shape index (κ3) is 4.32. The normalized spacial score (nSPS) is 13.1. The number of carbonyl (C=O) groups is 1. The van der Waals surface area contributed by atoms with Crippen LogP contribution >= 0.6 is 0 Å². The van der Waals surface area contributed by atoms with Gasteiger partial charge in [0, 0.05) is 42.2 Å². The smallest absolute Gasteiger partial charge is 0.251 e. The zero-order chi connectivity index (χ0) is 22.9. The second kappa shape index (κ2) is 8.46. The Bertz CT molecular complexity index is 1340. The molecule has 1 amide bonds. The number of halogens is 1. The van der Waals surface area contributed by atoms with E-state index in [1.165, 1.54) is 6.07 Å². The highest BCUT2D eigenvalue weighted by Crippen LogP contribution is 2.39. The van der Waals surface area contributed by atoms with Crippen LogP contribution in [-0.4, -0.2) is 32.5 Å². The summed E-state index contributed by atoms with van der Waals surface area (Å²) in [5, 5.41) is 5.85. The summed E-state index contributed by atoms with van der Waals surface area (Å²) in [5.74, 6) is 0.998. The van der Waals surface area contributed by atoms with E-state index in [9.17, 15) is 9.18 Å². The van der Waals surface area contributed by atoms with Crippen molar-refractivity contribution in [1.82, 2.24) is 24.8 Å². The van der Waals surface area contributed by atoms with Crippen LogP contribution in [0.2, 0.25) is 0 Å². The number of rotatable bonds is 6. The minimum atomic E-state index is -0.366. The van der Waals surface area contributed by atoms with E-state index in [4.69, 9.17) is 0 Å². The van der Waals surface area contributed by atoms with Gasteiger partial charge in [-0.3, -0.25) is 4.79 Å². The molecule has 0 bridgehead atoms. The third-order valence-corrected chi connectivity index (χ3v) is 5.71. The molecule has 0 atom stereocenters. The highest BCUT2D eigenvalue weighted by Gasteiger charge is 2.26. The van der Waals surface area contributed by atoms with Gasteiger partial charge in [-0.15, -0.1) is 0 Å². The first-order valence-electron chi connectivity index (χ1n) is 10.8. The molecular weight excluding hydrogens is 419 g/mol. The molecule has 0 radical (unpaired) electrons. The summed E-state index contributed by atoms with van der Waals surface area (Å²) in [6, 6.07) is 12.1. The molecule has 2 N–H and O–H groups in total. The van der Waals surface area contributed by atoms with Gasteiger partial charge in [-0.05, 0) is 67.8 Å². The van der Waals surface area contributed by atoms with Crippen LogP contribution in [0.3, 0.4) is 0 Å². The summed E-state index contributed by atoms with van der Waals surface area (Å²) in [4.78, 5) is 25.1. The second-order valence-corrected chi connectivity index (χ2v) is 8.15. The number of anilines is 2. The minimum Gasteiger partial charge on any atom is -0.355 e. The molecule has 2 aromatic heterocycles. The van der Waals surface area contributed by atoms with E-state index in [2.05, 4.69) is 25.6 Å². The average Bonchev–Trinajstić information content (AvgIpc) is 3.56. The molecule has 2 heterocycles. The van der Waals surface area contributed by atoms with Crippen LogP contribution in [0.15, 0.2) is 61.2 Å². The Morgan fingerprint density at radius 2 is 1.97 bits per heavy atom. The zero-order valence-corrected chi connectivity index (χ0v) is 18.3. The Morgan fingerprint density at radius 3 is 2.70 bits per heavy atom. The summed E-state index contributed by atoms with van der Waals surface area (Å²) in [7, 11) is 1.60. The van der Waals surface area contributed by atoms with Crippen molar-refractivity contribution in [2.75, 3.05) is 12.4 Å². The van der Waals surface area contributed by atoms with Crippen LogP contribution < -0.4 is 10.6 Å². The van der Waals surface area contributed by atoms with Gasteiger partial charge < -0.3 is 15.2 Å². The molecular formula is C25H23FN6O. The average molecular weight is 442 g/mol. The predicted molar refractivity (Wildman–Crippen MR) is 124 cm³/mol. The quantitative estimate of drug-likeness (QED) is 0.450. The largest absolute Gasteiger partial charge is 0.355 e. The van der Waals surface area contributed by atoms with Gasteiger partial charge in [0.15, 0.2) is 5.82 Å². The number of benzene rings is 2. The van der Waals surface area contributed by atoms with Crippen molar-refractivity contribution in [3.05, 3.63) is 83.8 Å². The van der Waals surface area contributed by atoms with E-state index in [1.807, 2.05) is 25.3 Å². The molecule has 1 fully saturated rings. The lowest BCUT2D eigenvalue weighted by atomic mass is 10.1. The molecule has 7 nitrogen and oxygen atoms in total. The number of nitrogens with one attached hydrogen (secondary N) is 2. The number of carbonyl (C=O) groups excluding carboxylic acids is 1. The van der Waals surface area contributed by atoms with Crippen molar-refractivity contribution >= 4 is 17.4 Å². The maximum atomic E-state index is 14.9. The monoisotopic (exact) mass is 442 g/mol. The Morgan fingerprint density at radius 1 is 1.12 bits per heavy atom. The standard InChI is InChI=1S/C25H23FN6O/c1-15-11-18(6-7-19(15)25(33)27-2)30-23-9-10-28-24(31-23)17-5-8-22(20(26)12-17)32-13-21(29-14-32)16-3-4-16/h5-14,16H,3-4H2,1-2H3,(H,27,33)(H,28,30,31). The van der Waals surface area contributed by atoms with E-state index >= 15 is 0 Å². The van der Waals surface area contributed by atoms with Crippen molar-refractivity contribution in [3.8, 4) is 17.1 Å². The molecule has 8 heteroatoms. The fraction of sp³-hybridized carbons (Fsp3) is 0.200. The molecule has 0 spiro atoms. The number of imidazole rings is 1. The van der Waals surface area contributed by atoms with Crippen molar-refractivity contribution in [3.63, 3.8) is 0 Å². The Balaban J connectivity index is 1.37. The van der Waals surface area contributed by atoms with Crippen LogP contribution in [0.5, 0.6) is 0 Å². The topological polar surface area (TPSA) is 84.7 Å². The number of aromatic nitrogens is 4. The Kier molecular flexibility index (Phi) is 5.34. The lowest BCUT2D eigenvalue weighted by molar-refractivity contribution is 0.0962. The van der Waals surface area contributed by atoms with Gasteiger partial charge in [0.05, 0.1) is 17.7 Å². The predicted octanol–water partition coefficient (Wildman–Crippen LogP) is 4.76. The second-order valence-electron chi connectivity index (χ2n) is 8.15. The van der Waals surface area contributed by atoms with Gasteiger partial charge in [0.25, 0.3) is 5.91 Å². The summed E-state index contributed by atoms with van der Waals surface area (Å²) in [6.07, 6.45) is 7.48. The summed E-state index contributed by atoms with van der Waals surface area (Å²) in [5.41, 5.74) is 4.28. The molecule has 1 saturated carbocycles. The highest BCUT2D eigenvalue weighted by molar-refractivity contribution is 5.95. The molecule has 0 saturated heterocycles. The van der Waals surface area contributed by atoms with Gasteiger partial charge in [-0.1, -0.05) is 0 Å². The molecule has 166 valence electrons. The fourth-order valence-electron chi connectivity index (χ4n) is 3.76.